The smallest absolute Gasteiger partial charge is 0.239 e. The van der Waals surface area contributed by atoms with Crippen LogP contribution in [-0.2, 0) is 9.59 Å². The van der Waals surface area contributed by atoms with Crippen LogP contribution in [0.2, 0.25) is 0 Å². The molecule has 2 fully saturated rings. The Morgan fingerprint density at radius 3 is 2.33 bits per heavy atom. The number of nitrogens with zero attached hydrogens (tertiary/aromatic N) is 4. The second-order valence-electron chi connectivity index (χ2n) is 7.68. The average Bonchev–Trinajstić information content (AvgIpc) is 3.23. The number of carbonyl (C=O) groups excluding carboxylic acids is 2. The van der Waals surface area contributed by atoms with Gasteiger partial charge in [-0.3, -0.25) is 14.5 Å². The van der Waals surface area contributed by atoms with Gasteiger partial charge in [-0.25, -0.2) is 0 Å². The van der Waals surface area contributed by atoms with Crippen molar-refractivity contribution >= 4 is 17.6 Å². The SMILES string of the molecule is CC(=O)N1CCN(CC(=O)Nc2c(C#N)c(C)c(C)n2C2CCCC2)CC1. The van der Waals surface area contributed by atoms with E-state index >= 15 is 0 Å². The zero-order chi connectivity index (χ0) is 19.6. The summed E-state index contributed by atoms with van der Waals surface area (Å²) in [5, 5.41) is 12.7. The standard InChI is InChI=1S/C20H29N5O2/c1-14-15(2)25(17-6-4-5-7-17)20(18(14)12-21)22-19(27)13-23-8-10-24(11-9-23)16(3)26/h17H,4-11,13H2,1-3H3,(H,22,27). The van der Waals surface area contributed by atoms with Crippen molar-refractivity contribution in [3.05, 3.63) is 16.8 Å². The quantitative estimate of drug-likeness (QED) is 0.880. The molecule has 0 radical (unpaired) electrons. The molecule has 0 spiro atoms. The van der Waals surface area contributed by atoms with Gasteiger partial charge in [-0.05, 0) is 32.3 Å². The fourth-order valence-corrected chi connectivity index (χ4v) is 4.30. The molecule has 1 saturated carbocycles. The molecule has 1 aliphatic heterocycles. The lowest BCUT2D eigenvalue weighted by Crippen LogP contribution is -2.50. The number of carbonyl (C=O) groups is 2. The molecule has 1 aromatic heterocycles. The van der Waals surface area contributed by atoms with Gasteiger partial charge >= 0.3 is 0 Å². The molecule has 7 heteroatoms. The first-order valence-electron chi connectivity index (χ1n) is 9.81. The Morgan fingerprint density at radius 1 is 1.15 bits per heavy atom. The molecule has 2 aliphatic rings. The third-order valence-electron chi connectivity index (χ3n) is 6.00. The Labute approximate surface area is 160 Å². The number of nitrogens with one attached hydrogen (secondary N) is 1. The van der Waals surface area contributed by atoms with E-state index in [4.69, 9.17) is 0 Å². The summed E-state index contributed by atoms with van der Waals surface area (Å²) in [7, 11) is 0. The Hall–Kier alpha value is -2.33. The van der Waals surface area contributed by atoms with Gasteiger partial charge in [0.2, 0.25) is 11.8 Å². The van der Waals surface area contributed by atoms with Crippen molar-refractivity contribution in [2.75, 3.05) is 38.0 Å². The van der Waals surface area contributed by atoms with E-state index in [9.17, 15) is 14.9 Å². The highest BCUT2D eigenvalue weighted by molar-refractivity contribution is 5.93. The van der Waals surface area contributed by atoms with E-state index in [1.807, 2.05) is 13.8 Å². The molecular formula is C20H29N5O2. The number of nitriles is 1. The minimum absolute atomic E-state index is 0.0816. The first kappa shape index (κ1) is 19.4. The molecule has 1 N–H and O–H groups in total. The number of hydrogen-bond donors (Lipinski definition) is 1. The number of aromatic nitrogens is 1. The fraction of sp³-hybridized carbons (Fsp3) is 0.650. The molecule has 0 bridgehead atoms. The van der Waals surface area contributed by atoms with Crippen molar-refractivity contribution < 1.29 is 9.59 Å². The van der Waals surface area contributed by atoms with Crippen molar-refractivity contribution in [1.82, 2.24) is 14.4 Å². The van der Waals surface area contributed by atoms with Gasteiger partial charge in [-0.2, -0.15) is 5.26 Å². The lowest BCUT2D eigenvalue weighted by molar-refractivity contribution is -0.130. The summed E-state index contributed by atoms with van der Waals surface area (Å²) in [4.78, 5) is 28.0. The molecule has 146 valence electrons. The summed E-state index contributed by atoms with van der Waals surface area (Å²) < 4.78 is 2.17. The maximum atomic E-state index is 12.7. The Kier molecular flexibility index (Phi) is 5.85. The highest BCUT2D eigenvalue weighted by Gasteiger charge is 2.27. The van der Waals surface area contributed by atoms with Gasteiger partial charge < -0.3 is 14.8 Å². The summed E-state index contributed by atoms with van der Waals surface area (Å²) in [6.45, 7) is 8.55. The topological polar surface area (TPSA) is 81.4 Å². The van der Waals surface area contributed by atoms with Crippen LogP contribution in [0, 0.1) is 25.2 Å². The lowest BCUT2D eigenvalue weighted by atomic mass is 10.2. The highest BCUT2D eigenvalue weighted by Crippen LogP contribution is 2.37. The van der Waals surface area contributed by atoms with Crippen LogP contribution < -0.4 is 5.32 Å². The molecule has 3 rings (SSSR count). The van der Waals surface area contributed by atoms with Crippen LogP contribution >= 0.6 is 0 Å². The van der Waals surface area contributed by atoms with Crippen LogP contribution in [0.15, 0.2) is 0 Å². The molecule has 0 aromatic carbocycles. The number of hydrogen-bond acceptors (Lipinski definition) is 4. The Balaban J connectivity index is 1.71. The molecule has 7 nitrogen and oxygen atoms in total. The number of rotatable bonds is 4. The third kappa shape index (κ3) is 4.01. The van der Waals surface area contributed by atoms with E-state index in [2.05, 4.69) is 20.9 Å². The third-order valence-corrected chi connectivity index (χ3v) is 6.00. The molecule has 2 amide bonds. The van der Waals surface area contributed by atoms with Crippen LogP contribution in [0.4, 0.5) is 5.82 Å². The van der Waals surface area contributed by atoms with Crippen molar-refractivity contribution in [3.8, 4) is 6.07 Å². The summed E-state index contributed by atoms with van der Waals surface area (Å²) in [6.07, 6.45) is 4.57. The maximum absolute atomic E-state index is 12.7. The summed E-state index contributed by atoms with van der Waals surface area (Å²) in [5.41, 5.74) is 2.60. The monoisotopic (exact) mass is 371 g/mol. The van der Waals surface area contributed by atoms with E-state index in [0.717, 1.165) is 24.1 Å². The van der Waals surface area contributed by atoms with Gasteiger partial charge in [0.1, 0.15) is 11.9 Å². The Bertz CT molecular complexity index is 762. The molecule has 2 heterocycles. The van der Waals surface area contributed by atoms with Gasteiger partial charge in [-0.1, -0.05) is 12.8 Å². The molecule has 27 heavy (non-hydrogen) atoms. The predicted molar refractivity (Wildman–Crippen MR) is 103 cm³/mol. The molecule has 0 unspecified atom stereocenters. The summed E-state index contributed by atoms with van der Waals surface area (Å²) in [6, 6.07) is 2.64. The van der Waals surface area contributed by atoms with Crippen LogP contribution in [0.3, 0.4) is 0 Å². The van der Waals surface area contributed by atoms with Crippen molar-refractivity contribution in [3.63, 3.8) is 0 Å². The van der Waals surface area contributed by atoms with Crippen molar-refractivity contribution in [2.45, 2.75) is 52.5 Å². The summed E-state index contributed by atoms with van der Waals surface area (Å²) >= 11 is 0. The first-order valence-corrected chi connectivity index (χ1v) is 9.81. The Morgan fingerprint density at radius 2 is 1.78 bits per heavy atom. The molecule has 1 aliphatic carbocycles. The van der Waals surface area contributed by atoms with Crippen molar-refractivity contribution in [1.29, 1.82) is 5.26 Å². The zero-order valence-electron chi connectivity index (χ0n) is 16.5. The van der Waals surface area contributed by atoms with Crippen molar-refractivity contribution in [2.24, 2.45) is 0 Å². The minimum Gasteiger partial charge on any atom is -0.340 e. The van der Waals surface area contributed by atoms with Gasteiger partial charge in [0.25, 0.3) is 0 Å². The molecule has 1 aromatic rings. The predicted octanol–water partition coefficient (Wildman–Crippen LogP) is 2.19. The lowest BCUT2D eigenvalue weighted by Gasteiger charge is -2.33. The van der Waals surface area contributed by atoms with Gasteiger partial charge in [-0.15, -0.1) is 0 Å². The van der Waals surface area contributed by atoms with Gasteiger partial charge in [0.15, 0.2) is 0 Å². The van der Waals surface area contributed by atoms with E-state index in [1.54, 1.807) is 11.8 Å². The fourth-order valence-electron chi connectivity index (χ4n) is 4.30. The number of anilines is 1. The second-order valence-corrected chi connectivity index (χ2v) is 7.68. The maximum Gasteiger partial charge on any atom is 0.239 e. The van der Waals surface area contributed by atoms with Crippen LogP contribution in [0.1, 0.15) is 55.5 Å². The van der Waals surface area contributed by atoms with E-state index in [-0.39, 0.29) is 18.4 Å². The minimum atomic E-state index is -0.0977. The second kappa shape index (κ2) is 8.13. The largest absolute Gasteiger partial charge is 0.340 e. The van der Waals surface area contributed by atoms with Gasteiger partial charge in [0, 0.05) is 44.8 Å². The molecular weight excluding hydrogens is 342 g/mol. The zero-order valence-corrected chi connectivity index (χ0v) is 16.5. The van der Waals surface area contributed by atoms with Crippen LogP contribution in [0.5, 0.6) is 0 Å². The number of piperazine rings is 1. The van der Waals surface area contributed by atoms with Crippen LogP contribution in [-0.4, -0.2) is 58.9 Å². The molecule has 0 atom stereocenters. The molecule has 1 saturated heterocycles. The van der Waals surface area contributed by atoms with E-state index < -0.39 is 0 Å². The van der Waals surface area contributed by atoms with E-state index in [1.165, 1.54) is 12.8 Å². The van der Waals surface area contributed by atoms with Crippen LogP contribution in [0.25, 0.3) is 0 Å². The first-order chi connectivity index (χ1) is 12.9. The summed E-state index contributed by atoms with van der Waals surface area (Å²) in [5.74, 6) is 0.643. The van der Waals surface area contributed by atoms with E-state index in [0.29, 0.717) is 43.6 Å². The highest BCUT2D eigenvalue weighted by atomic mass is 16.2. The number of amides is 2. The van der Waals surface area contributed by atoms with Gasteiger partial charge in [0.05, 0.1) is 12.1 Å². The normalized spacial score (nSPS) is 18.5. The average molecular weight is 371 g/mol.